The van der Waals surface area contributed by atoms with Crippen LogP contribution in [0.5, 0.6) is 0 Å². The predicted molar refractivity (Wildman–Crippen MR) is 79.4 cm³/mol. The fourth-order valence-electron chi connectivity index (χ4n) is 2.49. The number of nitrogens with zero attached hydrogens (tertiary/aromatic N) is 1. The van der Waals surface area contributed by atoms with Gasteiger partial charge in [-0.05, 0) is 18.2 Å². The Hall–Kier alpha value is -2.07. The summed E-state index contributed by atoms with van der Waals surface area (Å²) in [6.07, 6.45) is -0.571. The van der Waals surface area contributed by atoms with Gasteiger partial charge >= 0.3 is 6.09 Å². The molecular weight excluding hydrogens is 293 g/mol. The van der Waals surface area contributed by atoms with Crippen molar-refractivity contribution in [3.63, 3.8) is 0 Å². The molecule has 0 aromatic heterocycles. The fourth-order valence-corrected chi connectivity index (χ4v) is 2.80. The number of carbonyl (C=O) groups is 1. The summed E-state index contributed by atoms with van der Waals surface area (Å²) >= 11 is 6.14. The summed E-state index contributed by atoms with van der Waals surface area (Å²) in [5.74, 6) is 0. The van der Waals surface area contributed by atoms with Crippen molar-refractivity contribution >= 4 is 23.4 Å². The van der Waals surface area contributed by atoms with Crippen molar-refractivity contribution in [1.29, 1.82) is 0 Å². The first-order chi connectivity index (χ1) is 10.2. The Bertz CT molecular complexity index is 664. The first kappa shape index (κ1) is 13.9. The molecule has 1 amide bonds. The first-order valence-corrected chi connectivity index (χ1v) is 6.91. The second kappa shape index (κ2) is 5.37. The monoisotopic (exact) mass is 305 g/mol. The molecule has 1 saturated heterocycles. The molecule has 0 saturated carbocycles. The van der Waals surface area contributed by atoms with Gasteiger partial charge in [0.2, 0.25) is 0 Å². The van der Waals surface area contributed by atoms with E-state index in [1.807, 2.05) is 18.2 Å². The highest BCUT2D eigenvalue weighted by Gasteiger charge is 2.48. The van der Waals surface area contributed by atoms with E-state index in [0.717, 1.165) is 0 Å². The fraction of sp³-hybridized carbons (Fsp3) is 0.188. The highest BCUT2D eigenvalue weighted by atomic mass is 35.5. The zero-order valence-corrected chi connectivity index (χ0v) is 11.9. The molecular formula is C16H13ClFNO2. The molecule has 1 heterocycles. The van der Waals surface area contributed by atoms with Gasteiger partial charge in [0.15, 0.2) is 5.60 Å². The van der Waals surface area contributed by atoms with Crippen molar-refractivity contribution in [3.05, 3.63) is 65.2 Å². The molecule has 0 bridgehead atoms. The van der Waals surface area contributed by atoms with E-state index in [-0.39, 0.29) is 6.54 Å². The van der Waals surface area contributed by atoms with Gasteiger partial charge in [0.25, 0.3) is 0 Å². The van der Waals surface area contributed by atoms with Gasteiger partial charge in [-0.15, -0.1) is 0 Å². The summed E-state index contributed by atoms with van der Waals surface area (Å²) in [7, 11) is 0. The lowest BCUT2D eigenvalue weighted by atomic mass is 9.95. The van der Waals surface area contributed by atoms with Crippen LogP contribution in [0.2, 0.25) is 5.02 Å². The molecule has 3 rings (SSSR count). The van der Waals surface area contributed by atoms with E-state index < -0.39 is 18.4 Å². The van der Waals surface area contributed by atoms with Crippen LogP contribution in [0.25, 0.3) is 0 Å². The third-order valence-corrected chi connectivity index (χ3v) is 3.89. The third kappa shape index (κ3) is 2.36. The molecule has 108 valence electrons. The molecule has 5 heteroatoms. The Balaban J connectivity index is 2.00. The van der Waals surface area contributed by atoms with E-state index in [9.17, 15) is 9.18 Å². The summed E-state index contributed by atoms with van der Waals surface area (Å²) in [5.41, 5.74) is -0.198. The molecule has 0 unspecified atom stereocenters. The number of anilines is 1. The molecule has 1 fully saturated rings. The number of halogens is 2. The predicted octanol–water partition coefficient (Wildman–Crippen LogP) is 4.16. The minimum atomic E-state index is -1.36. The van der Waals surface area contributed by atoms with E-state index in [2.05, 4.69) is 0 Å². The van der Waals surface area contributed by atoms with Gasteiger partial charge in [-0.2, -0.15) is 0 Å². The van der Waals surface area contributed by atoms with Crippen LogP contribution in [0.3, 0.4) is 0 Å². The molecule has 1 aliphatic rings. The summed E-state index contributed by atoms with van der Waals surface area (Å²) in [6.45, 7) is -0.734. The normalized spacial score (nSPS) is 21.4. The maximum absolute atomic E-state index is 13.7. The molecule has 0 aliphatic carbocycles. The lowest BCUT2D eigenvalue weighted by molar-refractivity contribution is 0.0324. The topological polar surface area (TPSA) is 29.5 Å². The Labute approximate surface area is 126 Å². The quantitative estimate of drug-likeness (QED) is 0.852. The van der Waals surface area contributed by atoms with Gasteiger partial charge in [-0.3, -0.25) is 4.90 Å². The van der Waals surface area contributed by atoms with E-state index in [4.69, 9.17) is 16.3 Å². The average Bonchev–Trinajstić information content (AvgIpc) is 2.87. The van der Waals surface area contributed by atoms with E-state index in [0.29, 0.717) is 16.3 Å². The smallest absolute Gasteiger partial charge is 0.415 e. The number of hydrogen-bond acceptors (Lipinski definition) is 2. The molecule has 1 aliphatic heterocycles. The van der Waals surface area contributed by atoms with Crippen LogP contribution in [0.1, 0.15) is 5.56 Å². The van der Waals surface area contributed by atoms with Crippen molar-refractivity contribution in [2.24, 2.45) is 0 Å². The number of alkyl halides is 1. The van der Waals surface area contributed by atoms with E-state index >= 15 is 0 Å². The van der Waals surface area contributed by atoms with Crippen molar-refractivity contribution in [2.45, 2.75) is 5.60 Å². The standard InChI is InChI=1S/C16H13ClFNO2/c17-14-9-5-4-8-13(14)16(10-18)11-19(15(20)21-16)12-6-2-1-3-7-12/h1-9H,10-11H2/t16-/m0/s1. The van der Waals surface area contributed by atoms with Crippen LogP contribution in [-0.4, -0.2) is 19.3 Å². The Morgan fingerprint density at radius 1 is 1.14 bits per heavy atom. The highest BCUT2D eigenvalue weighted by Crippen LogP contribution is 2.39. The zero-order valence-electron chi connectivity index (χ0n) is 11.1. The molecule has 0 N–H and O–H groups in total. The summed E-state index contributed by atoms with van der Waals surface area (Å²) in [6, 6.07) is 15.9. The van der Waals surface area contributed by atoms with Gasteiger partial charge in [0.1, 0.15) is 6.67 Å². The van der Waals surface area contributed by atoms with Crippen molar-refractivity contribution in [3.8, 4) is 0 Å². The largest absolute Gasteiger partial charge is 0.433 e. The second-order valence-electron chi connectivity index (χ2n) is 4.90. The molecule has 3 nitrogen and oxygen atoms in total. The van der Waals surface area contributed by atoms with Gasteiger partial charge in [0.05, 0.1) is 6.54 Å². The number of benzene rings is 2. The highest BCUT2D eigenvalue weighted by molar-refractivity contribution is 6.31. The molecule has 2 aromatic rings. The Morgan fingerprint density at radius 2 is 1.81 bits per heavy atom. The number of carbonyl (C=O) groups excluding carboxylic acids is 1. The molecule has 0 radical (unpaired) electrons. The Morgan fingerprint density at radius 3 is 2.48 bits per heavy atom. The number of rotatable bonds is 3. The SMILES string of the molecule is O=C1O[C@](CF)(c2ccccc2Cl)CN1c1ccccc1. The van der Waals surface area contributed by atoms with Gasteiger partial charge < -0.3 is 4.74 Å². The van der Waals surface area contributed by atoms with Crippen LogP contribution in [-0.2, 0) is 10.3 Å². The van der Waals surface area contributed by atoms with E-state index in [1.165, 1.54) is 4.90 Å². The maximum Gasteiger partial charge on any atom is 0.415 e. The van der Waals surface area contributed by atoms with Crippen LogP contribution >= 0.6 is 11.6 Å². The first-order valence-electron chi connectivity index (χ1n) is 6.53. The van der Waals surface area contributed by atoms with Crippen LogP contribution in [0.15, 0.2) is 54.6 Å². The molecule has 1 atom stereocenters. The van der Waals surface area contributed by atoms with Gasteiger partial charge in [-0.1, -0.05) is 48.0 Å². The van der Waals surface area contributed by atoms with Crippen molar-refractivity contribution in [2.75, 3.05) is 18.1 Å². The van der Waals surface area contributed by atoms with Crippen LogP contribution < -0.4 is 4.90 Å². The Kier molecular flexibility index (Phi) is 3.55. The number of para-hydroxylation sites is 1. The number of ether oxygens (including phenoxy) is 1. The second-order valence-corrected chi connectivity index (χ2v) is 5.30. The molecule has 0 spiro atoms. The van der Waals surface area contributed by atoms with Crippen molar-refractivity contribution in [1.82, 2.24) is 0 Å². The van der Waals surface area contributed by atoms with Crippen LogP contribution in [0, 0.1) is 0 Å². The number of amides is 1. The zero-order chi connectivity index (χ0) is 14.9. The van der Waals surface area contributed by atoms with Crippen LogP contribution in [0.4, 0.5) is 14.9 Å². The lowest BCUT2D eigenvalue weighted by Gasteiger charge is -2.24. The van der Waals surface area contributed by atoms with E-state index in [1.54, 1.807) is 36.4 Å². The van der Waals surface area contributed by atoms with Gasteiger partial charge in [-0.25, -0.2) is 9.18 Å². The third-order valence-electron chi connectivity index (χ3n) is 3.57. The maximum atomic E-state index is 13.7. The van der Waals surface area contributed by atoms with Gasteiger partial charge in [0, 0.05) is 16.3 Å². The molecule has 21 heavy (non-hydrogen) atoms. The average molecular weight is 306 g/mol. The number of hydrogen-bond donors (Lipinski definition) is 0. The summed E-state index contributed by atoms with van der Waals surface area (Å²) in [5, 5.41) is 0.387. The minimum absolute atomic E-state index is 0.0933. The summed E-state index contributed by atoms with van der Waals surface area (Å²) in [4.78, 5) is 13.5. The number of cyclic esters (lactones) is 1. The van der Waals surface area contributed by atoms with Crippen molar-refractivity contribution < 1.29 is 13.9 Å². The minimum Gasteiger partial charge on any atom is -0.433 e. The summed E-state index contributed by atoms with van der Waals surface area (Å²) < 4.78 is 19.1. The molecule has 2 aromatic carbocycles. The lowest BCUT2D eigenvalue weighted by Crippen LogP contribution is -2.34.